The zero-order valence-electron chi connectivity index (χ0n) is 9.32. The largest absolute Gasteiger partial charge is 0.508 e. The number of carboxylic acids is 1. The number of phenolic OH excluding ortho intramolecular Hbond substituents is 3. The average molecular weight is 259 g/mol. The number of aliphatic carboxylic acids is 1. The number of rotatable bonds is 3. The number of hydrogen-bond acceptors (Lipinski definition) is 7. The number of phenols is 3. The van der Waals surface area contributed by atoms with Crippen LogP contribution in [0.15, 0.2) is 12.1 Å². The molecule has 1 aromatic carbocycles. The van der Waals surface area contributed by atoms with Gasteiger partial charge in [0.05, 0.1) is 5.56 Å². The van der Waals surface area contributed by atoms with Crippen molar-refractivity contribution in [3.8, 4) is 17.2 Å². The summed E-state index contributed by atoms with van der Waals surface area (Å²) in [5.74, 6) is -7.41. The predicted octanol–water partition coefficient (Wildman–Crippen LogP) is -1.26. The topological polar surface area (TPSA) is 164 Å². The van der Waals surface area contributed by atoms with Crippen molar-refractivity contribution in [3.63, 3.8) is 0 Å². The molecule has 18 heavy (non-hydrogen) atoms. The number of carbonyl (C=O) groups is 1. The fraction of sp³-hybridized carbons (Fsp3) is 0.300. The maximum Gasteiger partial charge on any atom is 0.329 e. The molecule has 0 saturated carbocycles. The van der Waals surface area contributed by atoms with E-state index in [1.165, 1.54) is 0 Å². The van der Waals surface area contributed by atoms with E-state index in [2.05, 4.69) is 0 Å². The van der Waals surface area contributed by atoms with Crippen LogP contribution in [0.2, 0.25) is 0 Å². The normalized spacial score (nSPS) is 15.1. The summed E-state index contributed by atoms with van der Waals surface area (Å²) in [6.45, 7) is 0.801. The lowest BCUT2D eigenvalue weighted by Gasteiger charge is -2.34. The first kappa shape index (κ1) is 14.0. The fourth-order valence-corrected chi connectivity index (χ4v) is 1.30. The standard InChI is InChI=1S/C10H13NO7/c1-9(11,8(15)16)10(17,18)5-2-4(12)3-6(13)7(5)14/h2-3,12-14,17-18H,11H2,1H3,(H,15,16). The van der Waals surface area contributed by atoms with Gasteiger partial charge in [0.2, 0.25) is 5.79 Å². The summed E-state index contributed by atoms with van der Waals surface area (Å²) in [6, 6.07) is 1.42. The van der Waals surface area contributed by atoms with Gasteiger partial charge in [-0.25, -0.2) is 4.79 Å². The van der Waals surface area contributed by atoms with Crippen molar-refractivity contribution in [1.82, 2.24) is 0 Å². The van der Waals surface area contributed by atoms with Crippen LogP contribution >= 0.6 is 0 Å². The molecular formula is C10H13NO7. The Labute approximate surface area is 101 Å². The van der Waals surface area contributed by atoms with Gasteiger partial charge in [-0.3, -0.25) is 0 Å². The molecule has 0 spiro atoms. The van der Waals surface area contributed by atoms with Gasteiger partial charge < -0.3 is 36.4 Å². The first-order valence-corrected chi connectivity index (χ1v) is 4.74. The molecule has 1 aromatic rings. The SMILES string of the molecule is CC(N)(C(=O)O)C(O)(O)c1cc(O)cc(O)c1O. The molecule has 0 heterocycles. The molecule has 0 amide bonds. The van der Waals surface area contributed by atoms with Gasteiger partial charge in [-0.1, -0.05) is 0 Å². The zero-order valence-corrected chi connectivity index (χ0v) is 9.32. The third-order valence-electron chi connectivity index (χ3n) is 2.62. The van der Waals surface area contributed by atoms with Crippen molar-refractivity contribution in [3.05, 3.63) is 17.7 Å². The second kappa shape index (κ2) is 4.02. The second-order valence-corrected chi connectivity index (χ2v) is 4.04. The van der Waals surface area contributed by atoms with Gasteiger partial charge in [-0.2, -0.15) is 0 Å². The Morgan fingerprint density at radius 2 is 1.72 bits per heavy atom. The number of aliphatic hydroxyl groups is 2. The molecule has 0 radical (unpaired) electrons. The van der Waals surface area contributed by atoms with E-state index in [9.17, 15) is 30.3 Å². The number of aromatic hydroxyl groups is 3. The van der Waals surface area contributed by atoms with Crippen LogP contribution in [0.25, 0.3) is 0 Å². The van der Waals surface area contributed by atoms with Gasteiger partial charge in [0.15, 0.2) is 17.0 Å². The van der Waals surface area contributed by atoms with E-state index in [-0.39, 0.29) is 0 Å². The highest BCUT2D eigenvalue weighted by Crippen LogP contribution is 2.41. The van der Waals surface area contributed by atoms with E-state index < -0.39 is 40.1 Å². The molecule has 1 rings (SSSR count). The zero-order chi connectivity index (χ0) is 14.3. The Morgan fingerprint density at radius 1 is 1.22 bits per heavy atom. The van der Waals surface area contributed by atoms with Crippen LogP contribution in [-0.4, -0.2) is 42.1 Å². The third-order valence-corrected chi connectivity index (χ3v) is 2.62. The maximum absolute atomic E-state index is 10.9. The molecule has 1 atom stereocenters. The fourth-order valence-electron chi connectivity index (χ4n) is 1.30. The molecule has 0 aliphatic heterocycles. The van der Waals surface area contributed by atoms with E-state index in [0.29, 0.717) is 6.07 Å². The van der Waals surface area contributed by atoms with Crippen molar-refractivity contribution in [2.75, 3.05) is 0 Å². The van der Waals surface area contributed by atoms with Crippen molar-refractivity contribution in [1.29, 1.82) is 0 Å². The summed E-state index contributed by atoms with van der Waals surface area (Å²) in [7, 11) is 0. The van der Waals surface area contributed by atoms with Crippen molar-refractivity contribution < 1.29 is 35.4 Å². The number of carboxylic acid groups (broad SMARTS) is 1. The summed E-state index contributed by atoms with van der Waals surface area (Å²) in [5.41, 5.74) is 1.86. The smallest absolute Gasteiger partial charge is 0.329 e. The molecule has 1 unspecified atom stereocenters. The van der Waals surface area contributed by atoms with E-state index in [4.69, 9.17) is 10.8 Å². The maximum atomic E-state index is 10.9. The molecule has 100 valence electrons. The first-order chi connectivity index (χ1) is 8.01. The van der Waals surface area contributed by atoms with Crippen molar-refractivity contribution >= 4 is 5.97 Å². The van der Waals surface area contributed by atoms with Gasteiger partial charge in [0.25, 0.3) is 0 Å². The molecule has 0 saturated heterocycles. The molecule has 0 bridgehead atoms. The Kier molecular flexibility index (Phi) is 3.13. The van der Waals surface area contributed by atoms with Crippen LogP contribution in [-0.2, 0) is 10.6 Å². The molecule has 8 heteroatoms. The first-order valence-electron chi connectivity index (χ1n) is 4.74. The van der Waals surface area contributed by atoms with Gasteiger partial charge in [-0.15, -0.1) is 0 Å². The summed E-state index contributed by atoms with van der Waals surface area (Å²) < 4.78 is 0. The lowest BCUT2D eigenvalue weighted by molar-refractivity contribution is -0.222. The minimum Gasteiger partial charge on any atom is -0.508 e. The van der Waals surface area contributed by atoms with Crippen LogP contribution in [0, 0.1) is 0 Å². The van der Waals surface area contributed by atoms with E-state index >= 15 is 0 Å². The lowest BCUT2D eigenvalue weighted by atomic mass is 9.85. The average Bonchev–Trinajstić information content (AvgIpc) is 2.22. The summed E-state index contributed by atoms with van der Waals surface area (Å²) in [5, 5.41) is 56.3. The highest BCUT2D eigenvalue weighted by Gasteiger charge is 2.52. The monoisotopic (exact) mass is 259 g/mol. The van der Waals surface area contributed by atoms with Crippen molar-refractivity contribution in [2.45, 2.75) is 18.2 Å². The highest BCUT2D eigenvalue weighted by molar-refractivity contribution is 5.80. The van der Waals surface area contributed by atoms with Gasteiger partial charge in [0, 0.05) is 6.07 Å². The number of benzene rings is 1. The summed E-state index contributed by atoms with van der Waals surface area (Å²) >= 11 is 0. The molecule has 0 aliphatic carbocycles. The molecule has 0 aliphatic rings. The van der Waals surface area contributed by atoms with E-state index in [1.54, 1.807) is 0 Å². The van der Waals surface area contributed by atoms with Crippen molar-refractivity contribution in [2.24, 2.45) is 5.73 Å². The van der Waals surface area contributed by atoms with Gasteiger partial charge in [-0.05, 0) is 13.0 Å². The minimum atomic E-state index is -3.21. The second-order valence-electron chi connectivity index (χ2n) is 4.04. The summed E-state index contributed by atoms with van der Waals surface area (Å²) in [6.07, 6.45) is 0. The Morgan fingerprint density at radius 3 is 2.17 bits per heavy atom. The Bertz CT molecular complexity index is 495. The van der Waals surface area contributed by atoms with Crippen LogP contribution < -0.4 is 5.73 Å². The Balaban J connectivity index is 3.50. The lowest BCUT2D eigenvalue weighted by Crippen LogP contribution is -2.61. The molecule has 8 N–H and O–H groups in total. The van der Waals surface area contributed by atoms with E-state index in [1.807, 2.05) is 0 Å². The third kappa shape index (κ3) is 1.92. The van der Waals surface area contributed by atoms with Crippen LogP contribution in [0.4, 0.5) is 0 Å². The van der Waals surface area contributed by atoms with Crippen LogP contribution in [0.3, 0.4) is 0 Å². The number of hydrogen-bond donors (Lipinski definition) is 7. The van der Waals surface area contributed by atoms with Gasteiger partial charge in [0.1, 0.15) is 5.75 Å². The molecule has 0 aromatic heterocycles. The molecule has 0 fully saturated rings. The predicted molar refractivity (Wildman–Crippen MR) is 57.8 cm³/mol. The highest BCUT2D eigenvalue weighted by atomic mass is 16.5. The minimum absolute atomic E-state index is 0.603. The van der Waals surface area contributed by atoms with Crippen LogP contribution in [0.1, 0.15) is 12.5 Å². The molecule has 8 nitrogen and oxygen atoms in total. The van der Waals surface area contributed by atoms with E-state index in [0.717, 1.165) is 13.0 Å². The quantitative estimate of drug-likeness (QED) is 0.201. The summed E-state index contributed by atoms with van der Waals surface area (Å²) in [4.78, 5) is 10.9. The Hall–Kier alpha value is -2.03. The molecular weight excluding hydrogens is 246 g/mol. The number of nitrogens with two attached hydrogens (primary N) is 1. The van der Waals surface area contributed by atoms with Crippen LogP contribution in [0.5, 0.6) is 17.2 Å². The van der Waals surface area contributed by atoms with Gasteiger partial charge >= 0.3 is 5.97 Å².